The van der Waals surface area contributed by atoms with E-state index in [1.807, 2.05) is 4.90 Å². The Morgan fingerprint density at radius 3 is 2.94 bits per heavy atom. The van der Waals surface area contributed by atoms with Crippen LogP contribution in [0.25, 0.3) is 0 Å². The minimum absolute atomic E-state index is 0.0772. The first kappa shape index (κ1) is 12.8. The average molecular weight is 254 g/mol. The van der Waals surface area contributed by atoms with Gasteiger partial charge in [0.15, 0.2) is 0 Å². The largest absolute Gasteiger partial charge is 0.381 e. The molecule has 100 valence electrons. The van der Waals surface area contributed by atoms with E-state index in [0.717, 1.165) is 32.4 Å². The summed E-state index contributed by atoms with van der Waals surface area (Å²) in [5.41, 5.74) is 0.0772. The summed E-state index contributed by atoms with van der Waals surface area (Å²) in [4.78, 5) is 12.6. The van der Waals surface area contributed by atoms with Gasteiger partial charge in [0.1, 0.15) is 6.20 Å². The van der Waals surface area contributed by atoms with E-state index in [4.69, 9.17) is 4.74 Å². The fourth-order valence-corrected chi connectivity index (χ4v) is 2.43. The monoisotopic (exact) mass is 254 g/mol. The van der Waals surface area contributed by atoms with Crippen molar-refractivity contribution in [3.8, 4) is 0 Å². The molecular formula is C11H18N4O3. The minimum Gasteiger partial charge on any atom is -0.381 e. The van der Waals surface area contributed by atoms with Gasteiger partial charge >= 0.3 is 5.69 Å². The highest BCUT2D eigenvalue weighted by molar-refractivity contribution is 5.57. The number of methoxy groups -OCH3 is 1. The maximum absolute atomic E-state index is 11.0. The molecule has 7 heteroatoms. The summed E-state index contributed by atoms with van der Waals surface area (Å²) < 4.78 is 6.94. The van der Waals surface area contributed by atoms with E-state index in [-0.39, 0.29) is 16.7 Å². The lowest BCUT2D eigenvalue weighted by Crippen LogP contribution is -2.27. The molecule has 2 heterocycles. The zero-order valence-electron chi connectivity index (χ0n) is 10.7. The van der Waals surface area contributed by atoms with Gasteiger partial charge in [0.25, 0.3) is 0 Å². The Labute approximate surface area is 105 Å². The number of ether oxygens (including phenoxy) is 1. The number of aryl methyl sites for hydroxylation is 1. The van der Waals surface area contributed by atoms with Crippen LogP contribution < -0.4 is 4.90 Å². The van der Waals surface area contributed by atoms with E-state index in [9.17, 15) is 10.1 Å². The molecule has 0 saturated carbocycles. The summed E-state index contributed by atoms with van der Waals surface area (Å²) in [5.74, 6) is 0.594. The van der Waals surface area contributed by atoms with Gasteiger partial charge in [0.05, 0.1) is 11.0 Å². The van der Waals surface area contributed by atoms with E-state index in [1.165, 1.54) is 6.20 Å². The van der Waals surface area contributed by atoms with Gasteiger partial charge in [0, 0.05) is 27.2 Å². The van der Waals surface area contributed by atoms with Crippen LogP contribution in [0.1, 0.15) is 19.3 Å². The highest BCUT2D eigenvalue weighted by Gasteiger charge is 2.26. The lowest BCUT2D eigenvalue weighted by atomic mass is 10.2. The van der Waals surface area contributed by atoms with Crippen LogP contribution in [-0.4, -0.2) is 41.0 Å². The van der Waals surface area contributed by atoms with E-state index in [1.54, 1.807) is 18.8 Å². The Bertz CT molecular complexity index is 432. The zero-order chi connectivity index (χ0) is 13.1. The number of nitro groups is 1. The lowest BCUT2D eigenvalue weighted by Gasteiger charge is -2.21. The lowest BCUT2D eigenvalue weighted by molar-refractivity contribution is -0.384. The summed E-state index contributed by atoms with van der Waals surface area (Å²) >= 11 is 0. The van der Waals surface area contributed by atoms with Gasteiger partial charge in [-0.1, -0.05) is 0 Å². The molecule has 18 heavy (non-hydrogen) atoms. The van der Waals surface area contributed by atoms with Gasteiger partial charge in [-0.3, -0.25) is 10.1 Å². The van der Waals surface area contributed by atoms with Gasteiger partial charge in [-0.05, 0) is 19.3 Å². The molecule has 1 aliphatic heterocycles. The molecular weight excluding hydrogens is 236 g/mol. The molecule has 0 amide bonds. The molecule has 0 bridgehead atoms. The first-order chi connectivity index (χ1) is 8.63. The zero-order valence-corrected chi connectivity index (χ0v) is 10.7. The summed E-state index contributed by atoms with van der Waals surface area (Å²) in [6.07, 6.45) is 4.43. The Morgan fingerprint density at radius 1 is 1.50 bits per heavy atom. The molecule has 1 aliphatic rings. The molecule has 1 aromatic heterocycles. The minimum atomic E-state index is -0.374. The van der Waals surface area contributed by atoms with Crippen molar-refractivity contribution in [2.75, 3.05) is 25.1 Å². The first-order valence-electron chi connectivity index (χ1n) is 6.07. The van der Waals surface area contributed by atoms with Crippen LogP contribution in [-0.2, 0) is 11.8 Å². The van der Waals surface area contributed by atoms with Crippen molar-refractivity contribution in [2.24, 2.45) is 7.05 Å². The van der Waals surface area contributed by atoms with E-state index < -0.39 is 0 Å². The maximum atomic E-state index is 11.0. The molecule has 7 nitrogen and oxygen atoms in total. The Balaban J connectivity index is 2.20. The van der Waals surface area contributed by atoms with Crippen molar-refractivity contribution in [1.82, 2.24) is 9.78 Å². The van der Waals surface area contributed by atoms with E-state index >= 15 is 0 Å². The highest BCUT2D eigenvalue weighted by atomic mass is 16.6. The summed E-state index contributed by atoms with van der Waals surface area (Å²) in [7, 11) is 3.45. The van der Waals surface area contributed by atoms with Crippen LogP contribution in [0.4, 0.5) is 11.5 Å². The fourth-order valence-electron chi connectivity index (χ4n) is 2.43. The number of hydrogen-bond donors (Lipinski definition) is 0. The second-order valence-corrected chi connectivity index (χ2v) is 4.51. The Kier molecular flexibility index (Phi) is 3.81. The highest BCUT2D eigenvalue weighted by Crippen LogP contribution is 2.29. The number of rotatable bonds is 3. The molecule has 1 unspecified atom stereocenters. The molecule has 0 radical (unpaired) electrons. The third kappa shape index (κ3) is 2.45. The molecule has 0 N–H and O–H groups in total. The van der Waals surface area contributed by atoms with Crippen LogP contribution in [0, 0.1) is 10.1 Å². The molecule has 0 aromatic carbocycles. The Morgan fingerprint density at radius 2 is 2.28 bits per heavy atom. The number of nitrogens with zero attached hydrogens (tertiary/aromatic N) is 4. The van der Waals surface area contributed by atoms with Gasteiger partial charge in [-0.15, -0.1) is 0 Å². The second-order valence-electron chi connectivity index (χ2n) is 4.51. The van der Waals surface area contributed by atoms with Gasteiger partial charge in [-0.2, -0.15) is 5.10 Å². The van der Waals surface area contributed by atoms with Crippen molar-refractivity contribution >= 4 is 11.5 Å². The third-order valence-corrected chi connectivity index (χ3v) is 3.39. The normalized spacial score (nSPS) is 20.8. The number of anilines is 1. The molecule has 1 saturated heterocycles. The fraction of sp³-hybridized carbons (Fsp3) is 0.727. The van der Waals surface area contributed by atoms with Crippen LogP contribution in [0.5, 0.6) is 0 Å². The van der Waals surface area contributed by atoms with Gasteiger partial charge in [0.2, 0.25) is 5.82 Å². The molecule has 1 atom stereocenters. The SMILES string of the molecule is COC1CCCN(c2c([N+](=O)[O-])cnn2C)CC1. The molecule has 1 fully saturated rings. The predicted octanol–water partition coefficient (Wildman–Crippen LogP) is 1.33. The van der Waals surface area contributed by atoms with Crippen molar-refractivity contribution in [3.05, 3.63) is 16.3 Å². The quantitative estimate of drug-likeness (QED) is 0.601. The number of aromatic nitrogens is 2. The Hall–Kier alpha value is -1.63. The summed E-state index contributed by atoms with van der Waals surface area (Å²) in [6, 6.07) is 0. The van der Waals surface area contributed by atoms with Crippen LogP contribution in [0.3, 0.4) is 0 Å². The molecule has 2 rings (SSSR count). The first-order valence-corrected chi connectivity index (χ1v) is 6.07. The molecule has 0 spiro atoms. The van der Waals surface area contributed by atoms with E-state index in [0.29, 0.717) is 5.82 Å². The van der Waals surface area contributed by atoms with Gasteiger partial charge in [-0.25, -0.2) is 4.68 Å². The van der Waals surface area contributed by atoms with Crippen molar-refractivity contribution < 1.29 is 9.66 Å². The third-order valence-electron chi connectivity index (χ3n) is 3.39. The second kappa shape index (κ2) is 5.34. The smallest absolute Gasteiger partial charge is 0.331 e. The number of hydrogen-bond acceptors (Lipinski definition) is 5. The van der Waals surface area contributed by atoms with Crippen LogP contribution >= 0.6 is 0 Å². The van der Waals surface area contributed by atoms with Crippen molar-refractivity contribution in [3.63, 3.8) is 0 Å². The molecule has 1 aromatic rings. The van der Waals surface area contributed by atoms with Gasteiger partial charge < -0.3 is 9.64 Å². The molecule has 0 aliphatic carbocycles. The van der Waals surface area contributed by atoms with Crippen molar-refractivity contribution in [2.45, 2.75) is 25.4 Å². The standard InChI is InChI=1S/C11H18N4O3/c1-13-11(10(8-12-13)15(16)17)14-6-3-4-9(18-2)5-7-14/h8-9H,3-7H2,1-2H3. The summed E-state index contributed by atoms with van der Waals surface area (Å²) in [6.45, 7) is 1.57. The van der Waals surface area contributed by atoms with Crippen molar-refractivity contribution in [1.29, 1.82) is 0 Å². The van der Waals surface area contributed by atoms with Crippen LogP contribution in [0.2, 0.25) is 0 Å². The maximum Gasteiger partial charge on any atom is 0.331 e. The predicted molar refractivity (Wildman–Crippen MR) is 66.7 cm³/mol. The average Bonchev–Trinajstić information content (AvgIpc) is 2.60. The van der Waals surface area contributed by atoms with E-state index in [2.05, 4.69) is 5.10 Å². The topological polar surface area (TPSA) is 73.4 Å². The summed E-state index contributed by atoms with van der Waals surface area (Å²) in [5, 5.41) is 15.0. The van der Waals surface area contributed by atoms with Crippen LogP contribution in [0.15, 0.2) is 6.20 Å².